The van der Waals surface area contributed by atoms with E-state index in [4.69, 9.17) is 5.11 Å². The van der Waals surface area contributed by atoms with E-state index >= 15 is 0 Å². The summed E-state index contributed by atoms with van der Waals surface area (Å²) in [5.74, 6) is 4.61. The lowest BCUT2D eigenvalue weighted by molar-refractivity contribution is 0.305. The van der Waals surface area contributed by atoms with Gasteiger partial charge in [0.2, 0.25) is 10.0 Å². The Kier molecular flexibility index (Phi) is 5.28. The number of rotatable bonds is 3. The number of hydrogen-bond acceptors (Lipinski definition) is 3. The lowest BCUT2D eigenvalue weighted by atomic mass is 10.1. The van der Waals surface area contributed by atoms with E-state index in [-0.39, 0.29) is 23.5 Å². The molecule has 0 aliphatic heterocycles. The summed E-state index contributed by atoms with van der Waals surface area (Å²) in [6, 6.07) is 3.34. The van der Waals surface area contributed by atoms with Gasteiger partial charge in [-0.2, -0.15) is 0 Å². The number of aliphatic hydroxyl groups excluding tert-OH is 1. The first-order valence-corrected chi connectivity index (χ1v) is 7.57. The summed E-state index contributed by atoms with van der Waals surface area (Å²) in [4.78, 5) is -0.0701. The topological polar surface area (TPSA) is 66.4 Å². The molecule has 0 spiro atoms. The molecule has 0 heterocycles. The van der Waals surface area contributed by atoms with E-state index in [9.17, 15) is 12.8 Å². The van der Waals surface area contributed by atoms with Crippen LogP contribution in [0.25, 0.3) is 0 Å². The highest BCUT2D eigenvalue weighted by Crippen LogP contribution is 2.18. The van der Waals surface area contributed by atoms with Crippen LogP contribution in [-0.2, 0) is 10.0 Å². The van der Waals surface area contributed by atoms with Gasteiger partial charge >= 0.3 is 0 Å². The van der Waals surface area contributed by atoms with Gasteiger partial charge in [-0.05, 0) is 39.0 Å². The fraction of sp³-hybridized carbons (Fsp3) is 0.429. The van der Waals surface area contributed by atoms with E-state index in [1.807, 2.05) is 0 Å². The zero-order chi connectivity index (χ0) is 15.4. The number of halogens is 1. The monoisotopic (exact) mass is 299 g/mol. The van der Waals surface area contributed by atoms with Crippen molar-refractivity contribution in [2.24, 2.45) is 0 Å². The maximum absolute atomic E-state index is 13.3. The summed E-state index contributed by atoms with van der Waals surface area (Å²) in [5, 5.41) is 8.67. The fourth-order valence-corrected chi connectivity index (χ4v) is 3.07. The molecule has 0 saturated heterocycles. The molecule has 20 heavy (non-hydrogen) atoms. The van der Waals surface area contributed by atoms with E-state index in [1.165, 1.54) is 6.07 Å². The molecule has 0 aliphatic carbocycles. The Morgan fingerprint density at radius 1 is 1.35 bits per heavy atom. The number of aliphatic hydroxyl groups is 1. The summed E-state index contributed by atoms with van der Waals surface area (Å²) < 4.78 is 40.3. The molecule has 1 rings (SSSR count). The lowest BCUT2D eigenvalue weighted by Crippen LogP contribution is -2.40. The van der Waals surface area contributed by atoms with Crippen LogP contribution in [0.1, 0.15) is 32.8 Å². The van der Waals surface area contributed by atoms with Crippen LogP contribution in [0.5, 0.6) is 0 Å². The molecule has 0 unspecified atom stereocenters. The molecule has 0 saturated carbocycles. The molecule has 6 heteroatoms. The molecular weight excluding hydrogens is 281 g/mol. The average Bonchev–Trinajstić information content (AvgIpc) is 2.25. The van der Waals surface area contributed by atoms with E-state index < -0.39 is 21.4 Å². The molecule has 1 aromatic carbocycles. The van der Waals surface area contributed by atoms with E-state index in [0.717, 1.165) is 12.1 Å². The summed E-state index contributed by atoms with van der Waals surface area (Å²) >= 11 is 0. The van der Waals surface area contributed by atoms with E-state index in [1.54, 1.807) is 20.8 Å². The standard InChI is InChI=1S/C14H18FNO3S/c1-14(2,3)16-20(18,19)13-8-7-12(15)10-11(13)6-4-5-9-17/h7-8,10,16-17H,5,9H2,1-3H3. The van der Waals surface area contributed by atoms with Crippen LogP contribution in [-0.4, -0.2) is 25.7 Å². The average molecular weight is 299 g/mol. The summed E-state index contributed by atoms with van der Waals surface area (Å²) in [5.41, 5.74) is -0.571. The first kappa shape index (κ1) is 16.6. The normalized spacial score (nSPS) is 11.8. The van der Waals surface area contributed by atoms with Gasteiger partial charge in [-0.25, -0.2) is 17.5 Å². The van der Waals surface area contributed by atoms with Crippen molar-refractivity contribution < 1.29 is 17.9 Å². The van der Waals surface area contributed by atoms with Crippen molar-refractivity contribution in [1.82, 2.24) is 4.72 Å². The van der Waals surface area contributed by atoms with Crippen molar-refractivity contribution in [2.75, 3.05) is 6.61 Å². The van der Waals surface area contributed by atoms with Gasteiger partial charge in [-0.15, -0.1) is 0 Å². The molecule has 0 atom stereocenters. The van der Waals surface area contributed by atoms with Gasteiger partial charge in [0.1, 0.15) is 5.82 Å². The van der Waals surface area contributed by atoms with Gasteiger partial charge in [0.15, 0.2) is 0 Å². The van der Waals surface area contributed by atoms with Crippen molar-refractivity contribution in [3.63, 3.8) is 0 Å². The Balaban J connectivity index is 3.28. The maximum Gasteiger partial charge on any atom is 0.242 e. The van der Waals surface area contributed by atoms with Crippen LogP contribution in [0.15, 0.2) is 23.1 Å². The molecule has 4 nitrogen and oxygen atoms in total. The third kappa shape index (κ3) is 4.93. The molecule has 110 valence electrons. The minimum Gasteiger partial charge on any atom is -0.395 e. The zero-order valence-corrected chi connectivity index (χ0v) is 12.5. The van der Waals surface area contributed by atoms with E-state index in [2.05, 4.69) is 16.6 Å². The highest BCUT2D eigenvalue weighted by atomic mass is 32.2. The third-order valence-corrected chi connectivity index (χ3v) is 3.95. The van der Waals surface area contributed by atoms with Crippen LogP contribution < -0.4 is 4.72 Å². The Morgan fingerprint density at radius 2 is 2.00 bits per heavy atom. The zero-order valence-electron chi connectivity index (χ0n) is 11.7. The first-order valence-electron chi connectivity index (χ1n) is 6.09. The molecule has 0 amide bonds. The second-order valence-corrected chi connectivity index (χ2v) is 6.92. The van der Waals surface area contributed by atoms with E-state index in [0.29, 0.717) is 0 Å². The van der Waals surface area contributed by atoms with Crippen LogP contribution in [0.4, 0.5) is 4.39 Å². The maximum atomic E-state index is 13.3. The predicted molar refractivity (Wildman–Crippen MR) is 75.1 cm³/mol. The second-order valence-electron chi connectivity index (χ2n) is 5.27. The van der Waals surface area contributed by atoms with Crippen molar-refractivity contribution in [1.29, 1.82) is 0 Å². The summed E-state index contributed by atoms with van der Waals surface area (Å²) in [6.07, 6.45) is 0.197. The Labute approximate surface area is 119 Å². The number of hydrogen-bond donors (Lipinski definition) is 2. The van der Waals surface area contributed by atoms with Crippen molar-refractivity contribution in [3.8, 4) is 11.8 Å². The van der Waals surface area contributed by atoms with Crippen LogP contribution in [0.3, 0.4) is 0 Å². The van der Waals surface area contributed by atoms with Gasteiger partial charge in [0, 0.05) is 17.5 Å². The Morgan fingerprint density at radius 3 is 2.55 bits per heavy atom. The third-order valence-electron chi connectivity index (χ3n) is 2.13. The van der Waals surface area contributed by atoms with Gasteiger partial charge in [0.25, 0.3) is 0 Å². The minimum atomic E-state index is -3.78. The molecule has 1 aromatic rings. The quantitative estimate of drug-likeness (QED) is 0.834. The fourth-order valence-electron chi connectivity index (χ4n) is 1.51. The number of benzene rings is 1. The molecule has 0 aromatic heterocycles. The van der Waals surface area contributed by atoms with Gasteiger partial charge in [0.05, 0.1) is 11.5 Å². The summed E-state index contributed by atoms with van der Waals surface area (Å²) in [7, 11) is -3.78. The molecule has 0 fully saturated rings. The van der Waals surface area contributed by atoms with Crippen LogP contribution in [0.2, 0.25) is 0 Å². The Bertz CT molecular complexity index is 637. The predicted octanol–water partition coefficient (Wildman–Crippen LogP) is 1.64. The van der Waals surface area contributed by atoms with Crippen molar-refractivity contribution in [2.45, 2.75) is 37.6 Å². The molecule has 0 bridgehead atoms. The molecule has 0 aliphatic rings. The summed E-state index contributed by atoms with van der Waals surface area (Å²) in [6.45, 7) is 5.01. The van der Waals surface area contributed by atoms with Gasteiger partial charge < -0.3 is 5.11 Å². The van der Waals surface area contributed by atoms with Crippen molar-refractivity contribution in [3.05, 3.63) is 29.6 Å². The van der Waals surface area contributed by atoms with Gasteiger partial charge in [-0.3, -0.25) is 0 Å². The number of sulfonamides is 1. The molecule has 0 radical (unpaired) electrons. The highest BCUT2D eigenvalue weighted by Gasteiger charge is 2.24. The second kappa shape index (κ2) is 6.35. The number of nitrogens with one attached hydrogen (secondary N) is 1. The van der Waals surface area contributed by atoms with Gasteiger partial charge in [-0.1, -0.05) is 11.8 Å². The SMILES string of the molecule is CC(C)(C)NS(=O)(=O)c1ccc(F)cc1C#CCCO. The lowest BCUT2D eigenvalue weighted by Gasteiger charge is -2.20. The Hall–Kier alpha value is -1.42. The molecule has 2 N–H and O–H groups in total. The first-order chi connectivity index (χ1) is 9.15. The van der Waals surface area contributed by atoms with Crippen LogP contribution >= 0.6 is 0 Å². The highest BCUT2D eigenvalue weighted by molar-refractivity contribution is 7.89. The largest absolute Gasteiger partial charge is 0.395 e. The molecular formula is C14H18FNO3S. The smallest absolute Gasteiger partial charge is 0.242 e. The van der Waals surface area contributed by atoms with Crippen LogP contribution in [0, 0.1) is 17.7 Å². The minimum absolute atomic E-state index is 0.0701. The van der Waals surface area contributed by atoms with Crippen molar-refractivity contribution >= 4 is 10.0 Å².